The summed E-state index contributed by atoms with van der Waals surface area (Å²) in [6.45, 7) is -6.74. The van der Waals surface area contributed by atoms with Gasteiger partial charge < -0.3 is 67.1 Å². The maximum Gasteiger partial charge on any atom is 3.00 e. The molecular weight excluding hydrogens is 1080 g/mol. The van der Waals surface area contributed by atoms with Crippen LogP contribution in [0.25, 0.3) is 0 Å². The van der Waals surface area contributed by atoms with Gasteiger partial charge in [-0.2, -0.15) is 0 Å². The summed E-state index contributed by atoms with van der Waals surface area (Å²) in [6, 6.07) is 0. The molecule has 9 atom stereocenters. The SMILES string of the molecule is O=S(=O)([O-])OC[C@H]1O[C@@](COS(=O)(=O)[O-])(O[C@H]2O[C@H](COS(=O)(=O)[O-])[C@@H](OS(=O)(=O)[O-])[C@H](OS(=O)(=O)[O-])[C@H]2OS(=O)(=O)[O-])[C@@H](OS(=O)(=O)[O-])[C@@H]1OS(=O)(=O)[O-].[Al+3].[Na+].[Na+].[O-2].[O-2].[OH-]. The van der Waals surface area contributed by atoms with E-state index in [4.69, 9.17) is 14.2 Å². The predicted octanol–water partition coefficient (Wildman–Crippen LogP) is -16.3. The van der Waals surface area contributed by atoms with E-state index in [1.165, 1.54) is 0 Å². The van der Waals surface area contributed by atoms with Gasteiger partial charge in [0.1, 0.15) is 37.1 Å². The van der Waals surface area contributed by atoms with Crippen LogP contribution in [0.5, 0.6) is 0 Å². The first kappa shape index (κ1) is 71.3. The zero-order valence-electron chi connectivity index (χ0n) is 28.6. The van der Waals surface area contributed by atoms with Crippen molar-refractivity contribution in [3.05, 3.63) is 0 Å². The van der Waals surface area contributed by atoms with Crippen LogP contribution in [0.1, 0.15) is 0 Å². The summed E-state index contributed by atoms with van der Waals surface area (Å²) in [5, 5.41) is 0. The average Bonchev–Trinajstić information content (AvgIpc) is 3.15. The van der Waals surface area contributed by atoms with Crippen LogP contribution in [-0.2, 0) is 142 Å². The Bertz CT molecular complexity index is 2300. The minimum atomic E-state index is -6.58. The molecule has 0 aromatic heterocycles. The molecule has 0 bridgehead atoms. The molecule has 0 aliphatic carbocycles. The van der Waals surface area contributed by atoms with Crippen molar-refractivity contribution in [2.75, 3.05) is 19.8 Å². The molecular formula is C12H15AlNa2O38S8-8. The van der Waals surface area contributed by atoms with Gasteiger partial charge in [-0.05, 0) is 0 Å². The molecule has 0 amide bonds. The molecule has 49 heteroatoms. The van der Waals surface area contributed by atoms with Gasteiger partial charge in [0.25, 0.3) is 0 Å². The summed E-state index contributed by atoms with van der Waals surface area (Å²) in [4.78, 5) is 0. The zero-order valence-corrected chi connectivity index (χ0v) is 40.3. The molecule has 2 rings (SSSR count). The van der Waals surface area contributed by atoms with E-state index in [-0.39, 0.29) is 92.9 Å². The van der Waals surface area contributed by atoms with E-state index in [0.717, 1.165) is 0 Å². The normalized spacial score (nSPS) is 27.7. The van der Waals surface area contributed by atoms with Gasteiger partial charge in [0.2, 0.25) is 89.0 Å². The van der Waals surface area contributed by atoms with E-state index in [2.05, 4.69) is 33.5 Å². The Morgan fingerprint density at radius 3 is 1.13 bits per heavy atom. The van der Waals surface area contributed by atoms with E-state index in [1.54, 1.807) is 0 Å². The molecule has 2 saturated heterocycles. The fourth-order valence-electron chi connectivity index (χ4n) is 4.21. The molecule has 0 spiro atoms. The van der Waals surface area contributed by atoms with Crippen LogP contribution in [0.4, 0.5) is 0 Å². The molecule has 1 N–H and O–H groups in total. The van der Waals surface area contributed by atoms with E-state index in [1.807, 2.05) is 0 Å². The standard InChI is InChI=1S/C12H22O35S8.Al.2Na.H2O.2O/c13-48(14,15)37-1-4-6(43-51(22,23)24)8(45-53(28,29)30)9(46-54(31,32)33)11(40-4)42-12(3-39-50(19,20)21)10(47-55(34,35)36)7(44-52(25,26)27)5(41-12)2-38-49(16,17)18;;;;;;/h4-11H,1-3H2,(H,13,14,15)(H,16,17,18)(H,19,20,21)(H,22,23,24)(H,25,26,27)(H,28,29,30)(H,31,32,33)(H,34,35,36);;;;1H2;;/q;+3;2*+1;;2*-2/p-9/t4-,5-,6-,7-,8+,9-,10+,11-,12+;;;;;;/m1....../s1. The van der Waals surface area contributed by atoms with E-state index < -0.39 is 158 Å². The Labute approximate surface area is 398 Å². The van der Waals surface area contributed by atoms with Crippen molar-refractivity contribution in [3.63, 3.8) is 0 Å². The molecule has 0 aromatic rings. The Morgan fingerprint density at radius 2 is 0.770 bits per heavy atom. The number of ether oxygens (including phenoxy) is 3. The summed E-state index contributed by atoms with van der Waals surface area (Å²) >= 11 is 0. The topological polar surface area (TPSA) is 646 Å². The van der Waals surface area contributed by atoms with Crippen molar-refractivity contribution < 1.29 is 227 Å². The van der Waals surface area contributed by atoms with Crippen LogP contribution in [0.2, 0.25) is 0 Å². The third-order valence-corrected chi connectivity index (χ3v) is 9.18. The van der Waals surface area contributed by atoms with Crippen molar-refractivity contribution in [1.29, 1.82) is 0 Å². The van der Waals surface area contributed by atoms with Crippen LogP contribution in [0.15, 0.2) is 0 Å². The second-order valence-electron chi connectivity index (χ2n) is 9.49. The monoisotopic (exact) mass is 1100 g/mol. The number of rotatable bonds is 21. The van der Waals surface area contributed by atoms with Crippen LogP contribution < -0.4 is 59.1 Å². The van der Waals surface area contributed by atoms with E-state index >= 15 is 0 Å². The summed E-state index contributed by atoms with van der Waals surface area (Å²) in [5.41, 5.74) is 0. The van der Waals surface area contributed by atoms with Crippen LogP contribution in [0, 0.1) is 0 Å². The molecule has 2 heterocycles. The summed E-state index contributed by atoms with van der Waals surface area (Å²) in [6.07, 6.45) is -27.5. The summed E-state index contributed by atoms with van der Waals surface area (Å²) < 4.78 is 320. The quantitative estimate of drug-likeness (QED) is 0.0585. The Hall–Kier alpha value is 1.25. The molecule has 61 heavy (non-hydrogen) atoms. The van der Waals surface area contributed by atoms with Gasteiger partial charge in [-0.1, -0.05) is 0 Å². The van der Waals surface area contributed by atoms with Crippen molar-refractivity contribution in [2.45, 2.75) is 54.8 Å². The fraction of sp³-hybridized carbons (Fsp3) is 1.00. The minimum absolute atomic E-state index is 0. The first-order valence-corrected chi connectivity index (χ1v) is 22.9. The van der Waals surface area contributed by atoms with Crippen LogP contribution >= 0.6 is 0 Å². The van der Waals surface area contributed by atoms with Crippen molar-refractivity contribution in [2.24, 2.45) is 0 Å². The predicted molar refractivity (Wildman–Crippen MR) is 146 cm³/mol. The maximum atomic E-state index is 11.7. The van der Waals surface area contributed by atoms with Crippen LogP contribution in [0.3, 0.4) is 0 Å². The van der Waals surface area contributed by atoms with Crippen molar-refractivity contribution in [3.8, 4) is 0 Å². The van der Waals surface area contributed by atoms with Crippen LogP contribution in [-0.4, -0.2) is 201 Å². The maximum absolute atomic E-state index is 11.7. The Morgan fingerprint density at radius 1 is 0.443 bits per heavy atom. The summed E-state index contributed by atoms with van der Waals surface area (Å²) in [5.74, 6) is -4.31. The largest absolute Gasteiger partial charge is 3.00 e. The molecule has 2 aliphatic heterocycles. The molecule has 38 nitrogen and oxygen atoms in total. The van der Waals surface area contributed by atoms with Gasteiger partial charge in [-0.15, -0.1) is 0 Å². The first-order chi connectivity index (χ1) is 24.2. The third-order valence-electron chi connectivity index (χ3n) is 5.65. The first-order valence-electron chi connectivity index (χ1n) is 12.2. The van der Waals surface area contributed by atoms with Gasteiger partial charge in [0.15, 0.2) is 18.5 Å². The van der Waals surface area contributed by atoms with Gasteiger partial charge in [0, 0.05) is 0 Å². The molecule has 0 radical (unpaired) electrons. The van der Waals surface area contributed by atoms with Crippen molar-refractivity contribution in [1.82, 2.24) is 0 Å². The van der Waals surface area contributed by atoms with Gasteiger partial charge in [0.05, 0.1) is 13.2 Å². The Kier molecular flexibility index (Phi) is 29.9. The van der Waals surface area contributed by atoms with Gasteiger partial charge in [-0.25, -0.2) is 67.3 Å². The average molecular weight is 1100 g/mol. The second-order valence-corrected chi connectivity index (χ2v) is 17.7. The third kappa shape index (κ3) is 27.0. The zero-order chi connectivity index (χ0) is 43.0. The molecule has 0 unspecified atom stereocenters. The molecule has 352 valence electrons. The summed E-state index contributed by atoms with van der Waals surface area (Å²) in [7, 11) is -50.8. The molecule has 2 aliphatic rings. The molecule has 0 aromatic carbocycles. The van der Waals surface area contributed by atoms with Gasteiger partial charge >= 0.3 is 76.5 Å². The fourth-order valence-corrected chi connectivity index (χ4v) is 7.60. The van der Waals surface area contributed by atoms with E-state index in [9.17, 15) is 104 Å². The number of hydrogen-bond acceptors (Lipinski definition) is 36. The molecule has 0 saturated carbocycles. The number of hydrogen-bond donors (Lipinski definition) is 0. The second kappa shape index (κ2) is 25.6. The Balaban J connectivity index is -0.00000174. The van der Waals surface area contributed by atoms with Gasteiger partial charge in [-0.3, -0.25) is 33.5 Å². The minimum Gasteiger partial charge on any atom is -2.00 e. The van der Waals surface area contributed by atoms with E-state index in [0.29, 0.717) is 0 Å². The molecule has 2 fully saturated rings. The van der Waals surface area contributed by atoms with Crippen molar-refractivity contribution >= 4 is 101 Å². The smallest absolute Gasteiger partial charge is 2.00 e.